The number of hydrogen-bond donors (Lipinski definition) is 4. The molecule has 0 bridgehead atoms. The van der Waals surface area contributed by atoms with Crippen LogP contribution < -0.4 is 5.73 Å². The molecule has 0 heterocycles. The minimum atomic E-state index is -0.0295. The number of hydrogen-bond acceptors (Lipinski definition) is 4. The third kappa shape index (κ3) is 5.57. The summed E-state index contributed by atoms with van der Waals surface area (Å²) in [7, 11) is 0. The van der Waals surface area contributed by atoms with Crippen molar-refractivity contribution in [1.29, 1.82) is 5.41 Å². The van der Waals surface area contributed by atoms with Crippen molar-refractivity contribution < 1.29 is 10.2 Å². The summed E-state index contributed by atoms with van der Waals surface area (Å²) in [6.45, 7) is 3.60. The molecule has 0 saturated carbocycles. The Kier molecular flexibility index (Phi) is 6.48. The maximum absolute atomic E-state index is 8.71. The van der Waals surface area contributed by atoms with Crippen molar-refractivity contribution >= 4 is 5.84 Å². The van der Waals surface area contributed by atoms with Crippen LogP contribution in [-0.4, -0.2) is 53.8 Å². The number of aliphatic hydroxyl groups excluding tert-OH is 2. The maximum Gasteiger partial charge on any atom is 0.0947 e. The van der Waals surface area contributed by atoms with Crippen LogP contribution in [0.4, 0.5) is 0 Å². The predicted molar refractivity (Wildman–Crippen MR) is 51.7 cm³/mol. The Hall–Kier alpha value is -0.650. The molecular weight excluding hydrogens is 170 g/mol. The van der Waals surface area contributed by atoms with Crippen LogP contribution in [0.2, 0.25) is 0 Å². The van der Waals surface area contributed by atoms with E-state index in [1.54, 1.807) is 0 Å². The maximum atomic E-state index is 8.71. The van der Waals surface area contributed by atoms with Crippen molar-refractivity contribution in [1.82, 2.24) is 4.90 Å². The number of nitrogens with zero attached hydrogens (tertiary/aromatic N) is 1. The van der Waals surface area contributed by atoms with E-state index < -0.39 is 0 Å². The minimum Gasteiger partial charge on any atom is -0.395 e. The molecule has 5 nitrogen and oxygen atoms in total. The fourth-order valence-electron chi connectivity index (χ4n) is 1.06. The van der Waals surface area contributed by atoms with Gasteiger partial charge in [-0.25, -0.2) is 0 Å². The lowest BCUT2D eigenvalue weighted by Gasteiger charge is -2.23. The zero-order valence-corrected chi connectivity index (χ0v) is 8.03. The van der Waals surface area contributed by atoms with Gasteiger partial charge in [0.2, 0.25) is 0 Å². The van der Waals surface area contributed by atoms with Gasteiger partial charge < -0.3 is 15.9 Å². The second kappa shape index (κ2) is 6.82. The molecule has 0 saturated heterocycles. The first kappa shape index (κ1) is 12.3. The van der Waals surface area contributed by atoms with Gasteiger partial charge in [-0.1, -0.05) is 6.92 Å². The molecule has 0 amide bonds. The van der Waals surface area contributed by atoms with E-state index in [9.17, 15) is 0 Å². The van der Waals surface area contributed by atoms with Crippen LogP contribution in [-0.2, 0) is 0 Å². The summed E-state index contributed by atoms with van der Waals surface area (Å²) >= 11 is 0. The second-order valence-corrected chi connectivity index (χ2v) is 3.10. The third-order valence-corrected chi connectivity index (χ3v) is 1.90. The Labute approximate surface area is 78.7 Å². The quantitative estimate of drug-likeness (QED) is 0.300. The highest BCUT2D eigenvalue weighted by molar-refractivity contribution is 5.79. The molecule has 0 aromatic carbocycles. The van der Waals surface area contributed by atoms with E-state index in [2.05, 4.69) is 0 Å². The minimum absolute atomic E-state index is 0.0295. The van der Waals surface area contributed by atoms with E-state index in [4.69, 9.17) is 21.4 Å². The van der Waals surface area contributed by atoms with E-state index in [0.717, 1.165) is 0 Å². The summed E-state index contributed by atoms with van der Waals surface area (Å²) in [5, 5.41) is 24.6. The molecule has 0 rings (SSSR count). The van der Waals surface area contributed by atoms with Crippen LogP contribution >= 0.6 is 0 Å². The van der Waals surface area contributed by atoms with Crippen molar-refractivity contribution in [2.24, 2.45) is 11.7 Å². The van der Waals surface area contributed by atoms with Gasteiger partial charge in [-0.05, 0) is 0 Å². The molecule has 1 atom stereocenters. The second-order valence-electron chi connectivity index (χ2n) is 3.10. The summed E-state index contributed by atoms with van der Waals surface area (Å²) < 4.78 is 0. The number of aliphatic hydroxyl groups is 2. The summed E-state index contributed by atoms with van der Waals surface area (Å²) in [6, 6.07) is 0. The standard InChI is InChI=1S/C8H19N3O2/c1-7(8(9)10)6-11(2-4-12)3-5-13/h7,12-13H,2-6H2,1H3,(H3,9,10). The number of nitrogens with one attached hydrogen (secondary N) is 1. The van der Waals surface area contributed by atoms with Crippen LogP contribution in [0.3, 0.4) is 0 Å². The fraction of sp³-hybridized carbons (Fsp3) is 0.875. The molecule has 0 aliphatic rings. The lowest BCUT2D eigenvalue weighted by molar-refractivity contribution is 0.155. The fourth-order valence-corrected chi connectivity index (χ4v) is 1.06. The number of amidine groups is 1. The van der Waals surface area contributed by atoms with Gasteiger partial charge in [-0.2, -0.15) is 0 Å². The van der Waals surface area contributed by atoms with E-state index >= 15 is 0 Å². The molecule has 0 radical (unpaired) electrons. The Morgan fingerprint density at radius 3 is 2.15 bits per heavy atom. The molecule has 13 heavy (non-hydrogen) atoms. The van der Waals surface area contributed by atoms with Crippen LogP contribution in [0.5, 0.6) is 0 Å². The molecule has 78 valence electrons. The summed E-state index contributed by atoms with van der Waals surface area (Å²) in [6.07, 6.45) is 0. The molecule has 0 aromatic rings. The van der Waals surface area contributed by atoms with Crippen molar-refractivity contribution in [3.8, 4) is 0 Å². The van der Waals surface area contributed by atoms with Crippen LogP contribution in [0.25, 0.3) is 0 Å². The molecule has 5 N–H and O–H groups in total. The van der Waals surface area contributed by atoms with Gasteiger partial charge >= 0.3 is 0 Å². The molecule has 5 heteroatoms. The SMILES string of the molecule is CC(CN(CCO)CCO)C(=N)N. The van der Waals surface area contributed by atoms with E-state index in [1.807, 2.05) is 11.8 Å². The van der Waals surface area contributed by atoms with Crippen LogP contribution in [0, 0.1) is 11.3 Å². The highest BCUT2D eigenvalue weighted by Crippen LogP contribution is 1.98. The molecule has 1 unspecified atom stereocenters. The molecule has 0 fully saturated rings. The van der Waals surface area contributed by atoms with E-state index in [1.165, 1.54) is 0 Å². The first-order valence-electron chi connectivity index (χ1n) is 4.39. The van der Waals surface area contributed by atoms with Gasteiger partial charge in [0.25, 0.3) is 0 Å². The van der Waals surface area contributed by atoms with Gasteiger partial charge in [0, 0.05) is 25.6 Å². The smallest absolute Gasteiger partial charge is 0.0947 e. The lowest BCUT2D eigenvalue weighted by Crippen LogP contribution is -2.37. The first-order valence-corrected chi connectivity index (χ1v) is 4.39. The van der Waals surface area contributed by atoms with Gasteiger partial charge in [0.05, 0.1) is 19.0 Å². The Morgan fingerprint density at radius 2 is 1.85 bits per heavy atom. The lowest BCUT2D eigenvalue weighted by atomic mass is 10.1. The third-order valence-electron chi connectivity index (χ3n) is 1.90. The largest absolute Gasteiger partial charge is 0.395 e. The zero-order chi connectivity index (χ0) is 10.3. The highest BCUT2D eigenvalue weighted by atomic mass is 16.3. The topological polar surface area (TPSA) is 93.6 Å². The van der Waals surface area contributed by atoms with E-state index in [0.29, 0.717) is 19.6 Å². The summed E-state index contributed by atoms with van der Waals surface area (Å²) in [5.41, 5.74) is 5.31. The van der Waals surface area contributed by atoms with Crippen LogP contribution in [0.1, 0.15) is 6.92 Å². The normalized spacial score (nSPS) is 13.2. The predicted octanol–water partition coefficient (Wildman–Crippen LogP) is -1.15. The highest BCUT2D eigenvalue weighted by Gasteiger charge is 2.11. The molecular formula is C8H19N3O2. The zero-order valence-electron chi connectivity index (χ0n) is 8.03. The monoisotopic (exact) mass is 189 g/mol. The van der Waals surface area contributed by atoms with Crippen molar-refractivity contribution in [2.75, 3.05) is 32.8 Å². The van der Waals surface area contributed by atoms with Gasteiger partial charge in [0.15, 0.2) is 0 Å². The first-order chi connectivity index (χ1) is 6.11. The van der Waals surface area contributed by atoms with E-state index in [-0.39, 0.29) is 25.0 Å². The molecule has 0 aromatic heterocycles. The van der Waals surface area contributed by atoms with Crippen molar-refractivity contribution in [3.63, 3.8) is 0 Å². The Morgan fingerprint density at radius 1 is 1.38 bits per heavy atom. The Balaban J connectivity index is 3.85. The molecule has 0 aliphatic heterocycles. The van der Waals surface area contributed by atoms with Crippen LogP contribution in [0.15, 0.2) is 0 Å². The van der Waals surface area contributed by atoms with Gasteiger partial charge in [-0.3, -0.25) is 10.3 Å². The van der Waals surface area contributed by atoms with Gasteiger partial charge in [0.1, 0.15) is 0 Å². The summed E-state index contributed by atoms with van der Waals surface area (Å²) in [4.78, 5) is 1.88. The molecule has 0 spiro atoms. The Bertz CT molecular complexity index is 146. The summed E-state index contributed by atoms with van der Waals surface area (Å²) in [5.74, 6) is 0.110. The number of rotatable bonds is 7. The van der Waals surface area contributed by atoms with Crippen molar-refractivity contribution in [3.05, 3.63) is 0 Å². The van der Waals surface area contributed by atoms with Gasteiger partial charge in [-0.15, -0.1) is 0 Å². The average Bonchev–Trinajstić information content (AvgIpc) is 2.05. The number of nitrogens with two attached hydrogens (primary N) is 1. The molecule has 0 aliphatic carbocycles. The average molecular weight is 189 g/mol. The van der Waals surface area contributed by atoms with Crippen molar-refractivity contribution in [2.45, 2.75) is 6.92 Å².